The van der Waals surface area contributed by atoms with Gasteiger partial charge in [0.1, 0.15) is 17.9 Å². The summed E-state index contributed by atoms with van der Waals surface area (Å²) < 4.78 is 4.81. The predicted molar refractivity (Wildman–Crippen MR) is 70.5 cm³/mol. The maximum atomic E-state index is 12.4. The second-order valence-corrected chi connectivity index (χ2v) is 4.92. The zero-order valence-electron chi connectivity index (χ0n) is 10.6. The summed E-state index contributed by atoms with van der Waals surface area (Å²) in [5, 5.41) is 0.428. The first kappa shape index (κ1) is 13.5. The third kappa shape index (κ3) is 2.04. The van der Waals surface area contributed by atoms with Gasteiger partial charge in [0.05, 0.1) is 6.54 Å². The van der Waals surface area contributed by atoms with Crippen molar-refractivity contribution >= 4 is 35.0 Å². The molecule has 2 aliphatic rings. The Morgan fingerprint density at radius 2 is 1.81 bits per heavy atom. The number of cyclic esters (lactones) is 1. The van der Waals surface area contributed by atoms with E-state index in [1.54, 1.807) is 0 Å². The number of esters is 1. The van der Waals surface area contributed by atoms with Crippen LogP contribution in [0.25, 0.3) is 0 Å². The van der Waals surface area contributed by atoms with Gasteiger partial charge in [-0.1, -0.05) is 11.6 Å². The number of hydrogen-bond donors (Lipinski definition) is 0. The van der Waals surface area contributed by atoms with Gasteiger partial charge < -0.3 is 4.74 Å². The van der Waals surface area contributed by atoms with E-state index < -0.39 is 29.0 Å². The highest BCUT2D eigenvalue weighted by molar-refractivity contribution is 6.54. The Labute approximate surface area is 123 Å². The minimum Gasteiger partial charge on any atom is -0.459 e. The van der Waals surface area contributed by atoms with Crippen molar-refractivity contribution in [1.82, 2.24) is 4.90 Å². The summed E-state index contributed by atoms with van der Waals surface area (Å²) in [7, 11) is 0. The Balaban J connectivity index is 2.10. The third-order valence-corrected chi connectivity index (χ3v) is 3.50. The van der Waals surface area contributed by atoms with Crippen LogP contribution in [0.15, 0.2) is 35.5 Å². The molecule has 2 aliphatic heterocycles. The first-order chi connectivity index (χ1) is 10.0. The lowest BCUT2D eigenvalue weighted by molar-refractivity contribution is -0.150. The molecule has 1 saturated heterocycles. The summed E-state index contributed by atoms with van der Waals surface area (Å²) in [6.07, 6.45) is 0. The molecule has 0 atom stereocenters. The second kappa shape index (κ2) is 4.82. The van der Waals surface area contributed by atoms with E-state index in [2.05, 4.69) is 0 Å². The number of rotatable bonds is 2. The number of hydrogen-bond acceptors (Lipinski definition) is 5. The van der Waals surface area contributed by atoms with Gasteiger partial charge in [0.15, 0.2) is 5.78 Å². The molecular weight excluding hydrogens is 298 g/mol. The van der Waals surface area contributed by atoms with Crippen LogP contribution < -0.4 is 0 Å². The largest absolute Gasteiger partial charge is 0.459 e. The summed E-state index contributed by atoms with van der Waals surface area (Å²) in [5.41, 5.74) is -0.536. The van der Waals surface area contributed by atoms with Crippen molar-refractivity contribution in [1.29, 1.82) is 0 Å². The zero-order chi connectivity index (χ0) is 15.1. The number of nitrogens with zero attached hydrogens (tertiary/aromatic N) is 1. The molecule has 1 aromatic rings. The Hall–Kier alpha value is -2.47. The smallest absolute Gasteiger partial charge is 0.356 e. The van der Waals surface area contributed by atoms with Crippen molar-refractivity contribution < 1.29 is 23.9 Å². The van der Waals surface area contributed by atoms with Crippen LogP contribution in [0.2, 0.25) is 5.02 Å². The number of morpholine rings is 1. The molecule has 1 fully saturated rings. The summed E-state index contributed by atoms with van der Waals surface area (Å²) in [5.74, 6) is -3.39. The first-order valence-electron chi connectivity index (χ1n) is 6.08. The molecule has 6 nitrogen and oxygen atoms in total. The lowest BCUT2D eigenvalue weighted by Crippen LogP contribution is -2.39. The van der Waals surface area contributed by atoms with E-state index in [4.69, 9.17) is 16.3 Å². The Morgan fingerprint density at radius 1 is 1.14 bits per heavy atom. The van der Waals surface area contributed by atoms with Crippen LogP contribution in [0.4, 0.5) is 0 Å². The van der Waals surface area contributed by atoms with Crippen molar-refractivity contribution in [3.63, 3.8) is 0 Å². The number of halogens is 1. The van der Waals surface area contributed by atoms with E-state index in [1.165, 1.54) is 24.3 Å². The Kier molecular flexibility index (Phi) is 3.10. The molecule has 106 valence electrons. The number of amides is 1. The lowest BCUT2D eigenvalue weighted by Gasteiger charge is -2.23. The van der Waals surface area contributed by atoms with Gasteiger partial charge in [-0.05, 0) is 24.3 Å². The summed E-state index contributed by atoms with van der Waals surface area (Å²) in [6, 6.07) is 5.82. The van der Waals surface area contributed by atoms with Crippen LogP contribution in [0.5, 0.6) is 0 Å². The van der Waals surface area contributed by atoms with E-state index in [1.807, 2.05) is 0 Å². The fourth-order valence-electron chi connectivity index (χ4n) is 2.25. The maximum Gasteiger partial charge on any atom is 0.356 e. The quantitative estimate of drug-likeness (QED) is 0.348. The van der Waals surface area contributed by atoms with Crippen molar-refractivity contribution in [3.8, 4) is 0 Å². The van der Waals surface area contributed by atoms with E-state index in [9.17, 15) is 19.2 Å². The standard InChI is InChI=1S/C14H8ClNO5/c15-8-3-1-7(2-4-8)11(17)9-10-14(20)21-6-5-16(10)13(19)12(9)18/h1-4H,5-6H2. The fourth-order valence-corrected chi connectivity index (χ4v) is 2.38. The molecule has 0 unspecified atom stereocenters. The molecule has 0 spiro atoms. The molecule has 0 radical (unpaired) electrons. The number of carbonyl (C=O) groups excluding carboxylic acids is 4. The maximum absolute atomic E-state index is 12.4. The molecule has 0 aliphatic carbocycles. The van der Waals surface area contributed by atoms with Crippen molar-refractivity contribution in [2.24, 2.45) is 0 Å². The van der Waals surface area contributed by atoms with Crippen molar-refractivity contribution in [3.05, 3.63) is 46.1 Å². The highest BCUT2D eigenvalue weighted by Crippen LogP contribution is 2.28. The molecule has 0 saturated carbocycles. The first-order valence-corrected chi connectivity index (χ1v) is 6.46. The summed E-state index contributed by atoms with van der Waals surface area (Å²) >= 11 is 5.74. The van der Waals surface area contributed by atoms with Gasteiger partial charge in [0.25, 0.3) is 11.7 Å². The van der Waals surface area contributed by atoms with Gasteiger partial charge in [0.2, 0.25) is 0 Å². The van der Waals surface area contributed by atoms with Crippen LogP contribution in [0, 0.1) is 0 Å². The lowest BCUT2D eigenvalue weighted by atomic mass is 10.00. The second-order valence-electron chi connectivity index (χ2n) is 4.48. The molecule has 21 heavy (non-hydrogen) atoms. The number of carbonyl (C=O) groups is 4. The van der Waals surface area contributed by atoms with Crippen LogP contribution in [0.1, 0.15) is 10.4 Å². The molecule has 0 aromatic heterocycles. The zero-order valence-corrected chi connectivity index (χ0v) is 11.3. The topological polar surface area (TPSA) is 80.8 Å². The molecule has 0 N–H and O–H groups in total. The molecule has 7 heteroatoms. The van der Waals surface area contributed by atoms with Crippen LogP contribution in [-0.4, -0.2) is 41.5 Å². The summed E-state index contributed by atoms with van der Waals surface area (Å²) in [4.78, 5) is 49.0. The fraction of sp³-hybridized carbons (Fsp3) is 0.143. The van der Waals surface area contributed by atoms with E-state index in [0.717, 1.165) is 4.90 Å². The average molecular weight is 306 g/mol. The molecule has 1 amide bonds. The van der Waals surface area contributed by atoms with Gasteiger partial charge in [-0.15, -0.1) is 0 Å². The minimum absolute atomic E-state index is 0.00374. The molecular formula is C14H8ClNO5. The van der Waals surface area contributed by atoms with Crippen LogP contribution >= 0.6 is 11.6 Å². The molecule has 0 bridgehead atoms. The number of ether oxygens (including phenoxy) is 1. The molecule has 3 rings (SSSR count). The van der Waals surface area contributed by atoms with Gasteiger partial charge in [-0.25, -0.2) is 4.79 Å². The molecule has 1 aromatic carbocycles. The van der Waals surface area contributed by atoms with Gasteiger partial charge in [-0.3, -0.25) is 19.3 Å². The monoisotopic (exact) mass is 305 g/mol. The average Bonchev–Trinajstić information content (AvgIpc) is 2.73. The van der Waals surface area contributed by atoms with Crippen LogP contribution in [0.3, 0.4) is 0 Å². The highest BCUT2D eigenvalue weighted by atomic mass is 35.5. The molecule has 2 heterocycles. The van der Waals surface area contributed by atoms with Crippen molar-refractivity contribution in [2.45, 2.75) is 0 Å². The van der Waals surface area contributed by atoms with Crippen LogP contribution in [-0.2, 0) is 19.1 Å². The summed E-state index contributed by atoms with van der Waals surface area (Å²) in [6.45, 7) is 0.0762. The van der Waals surface area contributed by atoms with E-state index >= 15 is 0 Å². The number of Topliss-reactive ketones (excluding diaryl/α,β-unsaturated/α-hetero) is 2. The normalized spacial score (nSPS) is 18.0. The SMILES string of the molecule is O=C1OCCN2C(=O)C(=O)C(C(=O)c3ccc(Cl)cc3)=C12. The predicted octanol–water partition coefficient (Wildman–Crippen LogP) is 0.745. The highest BCUT2D eigenvalue weighted by Gasteiger charge is 2.47. The Bertz CT molecular complexity index is 719. The van der Waals surface area contributed by atoms with E-state index in [-0.39, 0.29) is 24.4 Å². The van der Waals surface area contributed by atoms with E-state index in [0.29, 0.717) is 5.02 Å². The number of ketones is 2. The minimum atomic E-state index is -0.983. The third-order valence-electron chi connectivity index (χ3n) is 3.25. The van der Waals surface area contributed by atoms with Gasteiger partial charge in [0, 0.05) is 10.6 Å². The van der Waals surface area contributed by atoms with Crippen molar-refractivity contribution in [2.75, 3.05) is 13.2 Å². The Morgan fingerprint density at radius 3 is 2.48 bits per heavy atom. The van der Waals surface area contributed by atoms with Gasteiger partial charge in [-0.2, -0.15) is 0 Å². The van der Waals surface area contributed by atoms with Gasteiger partial charge >= 0.3 is 5.97 Å². The number of benzene rings is 1. The number of fused-ring (bicyclic) bond motifs is 1.